The molecule has 3 amide bonds. The first-order valence-electron chi connectivity index (χ1n) is 17.5. The van der Waals surface area contributed by atoms with E-state index in [0.717, 1.165) is 0 Å². The predicted octanol–water partition coefficient (Wildman–Crippen LogP) is 4.52. The number of nitrogens with zero attached hydrogens (tertiary/aromatic N) is 5. The molecule has 3 aliphatic heterocycles. The topological polar surface area (TPSA) is 227 Å². The van der Waals surface area contributed by atoms with E-state index in [2.05, 4.69) is 20.3 Å². The number of carbonyl (C=O) groups excluding carboxylic acids is 4. The highest BCUT2D eigenvalue weighted by atomic mass is 35.5. The Kier molecular flexibility index (Phi) is 11.1. The first kappa shape index (κ1) is 39.5. The molecule has 20 heteroatoms. The lowest BCUT2D eigenvalue weighted by molar-refractivity contribution is -0.186. The quantitative estimate of drug-likeness (QED) is 0.222. The van der Waals surface area contributed by atoms with Gasteiger partial charge in [-0.3, -0.25) is 33.3 Å². The fourth-order valence-electron chi connectivity index (χ4n) is 7.53. The highest BCUT2D eigenvalue weighted by Gasteiger charge is 2.49. The molecule has 7 N–H and O–H groups in total. The molecule has 2 aromatic rings. The van der Waals surface area contributed by atoms with Gasteiger partial charge in [0.25, 0.3) is 17.7 Å². The number of alkyl halides is 3. The van der Waals surface area contributed by atoms with Crippen LogP contribution in [-0.4, -0.2) is 109 Å². The van der Waals surface area contributed by atoms with Gasteiger partial charge in [0.2, 0.25) is 0 Å². The number of aromatic nitrogens is 2. The first-order valence-corrected chi connectivity index (χ1v) is 19.6. The SMILES string of the molecule is Nc1nc(N)c(C(=O)NC2=NCC3(CCN(C(=O)c4cccc(S(O)(O)CCC5(C(=O)OCC(=O)N6CCCC6C(F)(F)F)CCC5)c4)CC3)C2)nc1Cl. The Balaban J connectivity index is 1.00. The van der Waals surface area contributed by atoms with Crippen molar-refractivity contribution in [2.24, 2.45) is 15.8 Å². The number of carbonyl (C=O) groups is 4. The molecule has 1 unspecified atom stereocenters. The number of benzene rings is 1. The van der Waals surface area contributed by atoms with Crippen LogP contribution in [0, 0.1) is 10.8 Å². The van der Waals surface area contributed by atoms with E-state index < -0.39 is 52.6 Å². The molecule has 1 spiro atoms. The number of halogens is 4. The van der Waals surface area contributed by atoms with E-state index in [4.69, 9.17) is 27.8 Å². The van der Waals surface area contributed by atoms with Crippen molar-refractivity contribution in [1.82, 2.24) is 25.1 Å². The zero-order valence-corrected chi connectivity index (χ0v) is 30.8. The third-order valence-corrected chi connectivity index (χ3v) is 13.0. The average Bonchev–Trinajstić information content (AvgIpc) is 3.76. The number of ether oxygens (including phenoxy) is 1. The van der Waals surface area contributed by atoms with Gasteiger partial charge in [0.05, 0.1) is 10.3 Å². The van der Waals surface area contributed by atoms with Crippen molar-refractivity contribution in [2.45, 2.75) is 74.9 Å². The van der Waals surface area contributed by atoms with E-state index in [1.165, 1.54) is 12.1 Å². The van der Waals surface area contributed by atoms with Gasteiger partial charge in [-0.2, -0.15) is 23.8 Å². The van der Waals surface area contributed by atoms with Gasteiger partial charge in [0.1, 0.15) is 11.9 Å². The largest absolute Gasteiger partial charge is 0.455 e. The Labute approximate surface area is 315 Å². The third kappa shape index (κ3) is 8.23. The number of nitrogens with two attached hydrogens (primary N) is 2. The second-order valence-corrected chi connectivity index (χ2v) is 17.0. The maximum atomic E-state index is 13.6. The summed E-state index contributed by atoms with van der Waals surface area (Å²) in [6.45, 7) is 0.377. The second kappa shape index (κ2) is 15.1. The molecule has 6 rings (SSSR count). The number of amides is 3. The van der Waals surface area contributed by atoms with Crippen LogP contribution >= 0.6 is 22.2 Å². The lowest BCUT2D eigenvalue weighted by Crippen LogP contribution is -2.47. The molecule has 1 aromatic carbocycles. The predicted molar refractivity (Wildman–Crippen MR) is 193 cm³/mol. The van der Waals surface area contributed by atoms with Gasteiger partial charge in [-0.1, -0.05) is 24.1 Å². The van der Waals surface area contributed by atoms with E-state index in [1.807, 2.05) is 0 Å². The lowest BCUT2D eigenvalue weighted by Gasteiger charge is -2.42. The summed E-state index contributed by atoms with van der Waals surface area (Å²) in [6.07, 6.45) is -1.46. The monoisotopic (exact) mass is 798 g/mol. The van der Waals surface area contributed by atoms with Crippen LogP contribution in [0.15, 0.2) is 34.2 Å². The zero-order chi connectivity index (χ0) is 39.1. The normalized spacial score (nSPS) is 21.0. The van der Waals surface area contributed by atoms with Crippen molar-refractivity contribution in [3.63, 3.8) is 0 Å². The molecular formula is C34H42ClF3N8O7S. The minimum atomic E-state index is -4.57. The number of anilines is 2. The number of aliphatic imine (C=N–C) groups is 1. The summed E-state index contributed by atoms with van der Waals surface area (Å²) in [5.41, 5.74) is 10.1. The van der Waals surface area contributed by atoms with E-state index >= 15 is 0 Å². The maximum Gasteiger partial charge on any atom is 0.408 e. The Hall–Kier alpha value is -4.20. The first-order chi connectivity index (χ1) is 25.4. The number of nitrogen functional groups attached to an aromatic ring is 2. The number of hydrogen-bond donors (Lipinski definition) is 5. The summed E-state index contributed by atoms with van der Waals surface area (Å²) in [4.78, 5) is 66.8. The molecule has 4 aliphatic rings. The molecule has 0 bridgehead atoms. The summed E-state index contributed by atoms with van der Waals surface area (Å²) in [6, 6.07) is 4.17. The Morgan fingerprint density at radius 3 is 2.43 bits per heavy atom. The van der Waals surface area contributed by atoms with Crippen molar-refractivity contribution < 1.29 is 46.2 Å². The average molecular weight is 799 g/mol. The molecule has 15 nitrogen and oxygen atoms in total. The van der Waals surface area contributed by atoms with E-state index in [0.29, 0.717) is 68.9 Å². The highest BCUT2D eigenvalue weighted by Crippen LogP contribution is 2.54. The van der Waals surface area contributed by atoms with Crippen molar-refractivity contribution in [3.05, 3.63) is 40.7 Å². The van der Waals surface area contributed by atoms with Crippen LogP contribution in [-0.2, 0) is 14.3 Å². The fraction of sp³-hybridized carbons (Fsp3) is 0.559. The Bertz CT molecular complexity index is 1850. The van der Waals surface area contributed by atoms with Crippen molar-refractivity contribution >= 4 is 63.4 Å². The van der Waals surface area contributed by atoms with Gasteiger partial charge < -0.3 is 31.3 Å². The van der Waals surface area contributed by atoms with Crippen LogP contribution in [0.5, 0.6) is 0 Å². The molecule has 1 aromatic heterocycles. The number of rotatable bonds is 9. The fourth-order valence-corrected chi connectivity index (χ4v) is 9.18. The van der Waals surface area contributed by atoms with Gasteiger partial charge in [-0.15, -0.1) is 0 Å². The van der Waals surface area contributed by atoms with Crippen LogP contribution in [0.4, 0.5) is 24.8 Å². The third-order valence-electron chi connectivity index (χ3n) is 11.0. The Morgan fingerprint density at radius 1 is 1.04 bits per heavy atom. The molecule has 0 radical (unpaired) electrons. The molecule has 2 saturated heterocycles. The van der Waals surface area contributed by atoms with Crippen LogP contribution in [0.2, 0.25) is 5.15 Å². The number of nitrogens with one attached hydrogen (secondary N) is 1. The van der Waals surface area contributed by atoms with Crippen LogP contribution in [0.1, 0.15) is 78.6 Å². The van der Waals surface area contributed by atoms with Gasteiger partial charge >= 0.3 is 12.1 Å². The standard InChI is InChI=1S/C34H42ClF3N8O7S/c35-26-28(40)44-27(39)25(43-26)29(48)42-23-17-32(19-41-23)9-13-45(14-10-32)30(49)20-4-1-5-21(16-20)54(51,52)15-11-33(7-3-8-33)31(50)53-18-24(47)46-12-2-6-22(46)34(36,37)38/h1,4-5,16,22,51-52H,2-3,6-15,17-19H2,(H4,39,40,44)(H,41,42,48). The number of hydrogen-bond acceptors (Lipinski definition) is 12. The molecule has 4 heterocycles. The van der Waals surface area contributed by atoms with Gasteiger partial charge in [-0.25, -0.2) is 9.97 Å². The van der Waals surface area contributed by atoms with Crippen LogP contribution in [0.3, 0.4) is 0 Å². The van der Waals surface area contributed by atoms with E-state index in [9.17, 15) is 41.5 Å². The van der Waals surface area contributed by atoms with Crippen LogP contribution < -0.4 is 16.8 Å². The summed E-state index contributed by atoms with van der Waals surface area (Å²) in [5, 5.41) is 2.58. The summed E-state index contributed by atoms with van der Waals surface area (Å²) in [5.74, 6) is -2.60. The van der Waals surface area contributed by atoms with Gasteiger partial charge in [0, 0.05) is 49.3 Å². The summed E-state index contributed by atoms with van der Waals surface area (Å²) >= 11 is 5.90. The van der Waals surface area contributed by atoms with Gasteiger partial charge in [0.15, 0.2) is 29.1 Å². The zero-order valence-electron chi connectivity index (χ0n) is 29.2. The smallest absolute Gasteiger partial charge is 0.408 e. The molecule has 3 fully saturated rings. The Morgan fingerprint density at radius 2 is 1.76 bits per heavy atom. The van der Waals surface area contributed by atoms with E-state index in [-0.39, 0.29) is 75.8 Å². The number of esters is 1. The summed E-state index contributed by atoms with van der Waals surface area (Å²) < 4.78 is 67.6. The second-order valence-electron chi connectivity index (χ2n) is 14.5. The van der Waals surface area contributed by atoms with E-state index in [1.54, 1.807) is 17.0 Å². The van der Waals surface area contributed by atoms with Crippen LogP contribution in [0.25, 0.3) is 0 Å². The number of amidine groups is 1. The minimum Gasteiger partial charge on any atom is -0.455 e. The van der Waals surface area contributed by atoms with Gasteiger partial charge in [-0.05, 0) is 63.1 Å². The van der Waals surface area contributed by atoms with Crippen molar-refractivity contribution in [3.8, 4) is 0 Å². The number of piperidine rings is 1. The highest BCUT2D eigenvalue weighted by molar-refractivity contribution is 8.24. The minimum absolute atomic E-state index is 0.0165. The molecule has 1 saturated carbocycles. The lowest BCUT2D eigenvalue weighted by atomic mass is 9.67. The van der Waals surface area contributed by atoms with Crippen molar-refractivity contribution in [2.75, 3.05) is 50.0 Å². The number of likely N-dealkylation sites (tertiary alicyclic amines) is 2. The molecular weight excluding hydrogens is 757 g/mol. The molecule has 1 atom stereocenters. The maximum absolute atomic E-state index is 13.6. The molecule has 1 aliphatic carbocycles. The summed E-state index contributed by atoms with van der Waals surface area (Å²) in [7, 11) is -3.48. The molecule has 54 heavy (non-hydrogen) atoms. The molecule has 294 valence electrons. The van der Waals surface area contributed by atoms with Crippen molar-refractivity contribution in [1.29, 1.82) is 0 Å².